The zero-order valence-corrected chi connectivity index (χ0v) is 9.49. The van der Waals surface area contributed by atoms with Gasteiger partial charge in [0.25, 0.3) is 0 Å². The normalized spacial score (nSPS) is 16.6. The summed E-state index contributed by atoms with van der Waals surface area (Å²) in [6.07, 6.45) is 4.02. The fraction of sp³-hybridized carbons (Fsp3) is 0.462. The van der Waals surface area contributed by atoms with Crippen LogP contribution in [0.15, 0.2) is 22.6 Å². The van der Waals surface area contributed by atoms with Crippen molar-refractivity contribution >= 4 is 11.1 Å². The lowest BCUT2D eigenvalue weighted by molar-refractivity contribution is 0.338. The van der Waals surface area contributed by atoms with Crippen LogP contribution in [-0.2, 0) is 6.54 Å². The Labute approximate surface area is 94.9 Å². The van der Waals surface area contributed by atoms with Crippen molar-refractivity contribution in [2.75, 3.05) is 0 Å². The first-order valence-corrected chi connectivity index (χ1v) is 5.91. The number of oxazole rings is 1. The van der Waals surface area contributed by atoms with Crippen molar-refractivity contribution in [3.63, 3.8) is 0 Å². The van der Waals surface area contributed by atoms with E-state index in [1.54, 1.807) is 0 Å². The van der Waals surface area contributed by atoms with Gasteiger partial charge >= 0.3 is 0 Å². The summed E-state index contributed by atoms with van der Waals surface area (Å²) < 4.78 is 5.52. The highest BCUT2D eigenvalue weighted by atomic mass is 16.3. The fourth-order valence-corrected chi connectivity index (χ4v) is 2.07. The van der Waals surface area contributed by atoms with Crippen LogP contribution in [0.4, 0.5) is 0 Å². The number of aryl methyl sites for hydroxylation is 1. The minimum atomic E-state index is 0.729. The standard InChI is InChI=1S/C13H16N2O/c1-9-15-12-6-5-10(7-13(12)16-9)8-14-11-3-2-4-11/h5-7,11,14H,2-4,8H2,1H3. The van der Waals surface area contributed by atoms with Crippen LogP contribution in [-0.4, -0.2) is 11.0 Å². The molecule has 84 valence electrons. The van der Waals surface area contributed by atoms with Crippen LogP contribution in [0.3, 0.4) is 0 Å². The maximum absolute atomic E-state index is 5.52. The average Bonchev–Trinajstić information content (AvgIpc) is 2.55. The molecule has 1 aromatic heterocycles. The number of aromatic nitrogens is 1. The Bertz CT molecular complexity index is 500. The van der Waals surface area contributed by atoms with Gasteiger partial charge in [-0.15, -0.1) is 0 Å². The molecule has 0 radical (unpaired) electrons. The van der Waals surface area contributed by atoms with Gasteiger partial charge in [0, 0.05) is 19.5 Å². The second-order valence-electron chi connectivity index (χ2n) is 4.54. The zero-order chi connectivity index (χ0) is 11.0. The van der Waals surface area contributed by atoms with E-state index in [9.17, 15) is 0 Å². The molecule has 16 heavy (non-hydrogen) atoms. The Kier molecular flexibility index (Phi) is 2.40. The summed E-state index contributed by atoms with van der Waals surface area (Å²) in [5, 5.41) is 3.54. The monoisotopic (exact) mass is 216 g/mol. The van der Waals surface area contributed by atoms with Crippen molar-refractivity contribution < 1.29 is 4.42 Å². The van der Waals surface area contributed by atoms with Crippen molar-refractivity contribution in [2.45, 2.75) is 38.8 Å². The molecule has 1 saturated carbocycles. The highest BCUT2D eigenvalue weighted by Gasteiger charge is 2.16. The van der Waals surface area contributed by atoms with E-state index in [1.165, 1.54) is 24.8 Å². The van der Waals surface area contributed by atoms with Gasteiger partial charge in [-0.3, -0.25) is 0 Å². The predicted octanol–water partition coefficient (Wildman–Crippen LogP) is 2.78. The van der Waals surface area contributed by atoms with Gasteiger partial charge in [0.2, 0.25) is 0 Å². The lowest BCUT2D eigenvalue weighted by Gasteiger charge is -2.26. The van der Waals surface area contributed by atoms with E-state index in [1.807, 2.05) is 13.0 Å². The molecule has 1 N–H and O–H groups in total. The summed E-state index contributed by atoms with van der Waals surface area (Å²) in [4.78, 5) is 4.29. The molecule has 2 aromatic rings. The Morgan fingerprint density at radius 2 is 2.31 bits per heavy atom. The molecule has 3 rings (SSSR count). The second-order valence-corrected chi connectivity index (χ2v) is 4.54. The number of rotatable bonds is 3. The first kappa shape index (κ1) is 9.85. The topological polar surface area (TPSA) is 38.1 Å². The quantitative estimate of drug-likeness (QED) is 0.857. The third kappa shape index (κ3) is 1.83. The molecule has 0 amide bonds. The van der Waals surface area contributed by atoms with E-state index < -0.39 is 0 Å². The second kappa shape index (κ2) is 3.91. The van der Waals surface area contributed by atoms with Crippen molar-refractivity contribution in [1.29, 1.82) is 0 Å². The smallest absolute Gasteiger partial charge is 0.192 e. The third-order valence-corrected chi connectivity index (χ3v) is 3.26. The summed E-state index contributed by atoms with van der Waals surface area (Å²) in [5.74, 6) is 0.735. The molecule has 0 unspecified atom stereocenters. The molecule has 0 aliphatic heterocycles. The van der Waals surface area contributed by atoms with E-state index in [0.717, 1.165) is 29.6 Å². The Morgan fingerprint density at radius 1 is 1.44 bits per heavy atom. The molecule has 1 fully saturated rings. The maximum atomic E-state index is 5.52. The molecule has 0 spiro atoms. The molecule has 3 nitrogen and oxygen atoms in total. The Morgan fingerprint density at radius 3 is 3.06 bits per heavy atom. The molecular weight excluding hydrogens is 200 g/mol. The minimum Gasteiger partial charge on any atom is -0.441 e. The molecule has 1 aliphatic rings. The van der Waals surface area contributed by atoms with Crippen LogP contribution in [0.25, 0.3) is 11.1 Å². The van der Waals surface area contributed by atoms with Gasteiger partial charge in [-0.05, 0) is 30.5 Å². The lowest BCUT2D eigenvalue weighted by Crippen LogP contribution is -2.34. The molecule has 3 heteroatoms. The van der Waals surface area contributed by atoms with Crippen LogP contribution in [0, 0.1) is 6.92 Å². The zero-order valence-electron chi connectivity index (χ0n) is 9.49. The van der Waals surface area contributed by atoms with Crippen molar-refractivity contribution in [3.05, 3.63) is 29.7 Å². The fourth-order valence-electron chi connectivity index (χ4n) is 2.07. The number of nitrogens with zero attached hydrogens (tertiary/aromatic N) is 1. The van der Waals surface area contributed by atoms with Gasteiger partial charge in [-0.1, -0.05) is 12.5 Å². The van der Waals surface area contributed by atoms with Gasteiger partial charge in [-0.25, -0.2) is 4.98 Å². The number of nitrogens with one attached hydrogen (secondary N) is 1. The Balaban J connectivity index is 1.75. The van der Waals surface area contributed by atoms with E-state index in [0.29, 0.717) is 0 Å². The van der Waals surface area contributed by atoms with Crippen molar-refractivity contribution in [1.82, 2.24) is 10.3 Å². The molecule has 1 aliphatic carbocycles. The van der Waals surface area contributed by atoms with Gasteiger partial charge in [-0.2, -0.15) is 0 Å². The number of fused-ring (bicyclic) bond motifs is 1. The summed E-state index contributed by atoms with van der Waals surface area (Å²) in [7, 11) is 0. The summed E-state index contributed by atoms with van der Waals surface area (Å²) >= 11 is 0. The van der Waals surface area contributed by atoms with Gasteiger partial charge in [0.15, 0.2) is 11.5 Å². The number of hydrogen-bond acceptors (Lipinski definition) is 3. The number of hydrogen-bond donors (Lipinski definition) is 1. The van der Waals surface area contributed by atoms with Crippen molar-refractivity contribution in [2.24, 2.45) is 0 Å². The van der Waals surface area contributed by atoms with E-state index >= 15 is 0 Å². The van der Waals surface area contributed by atoms with Crippen LogP contribution in [0.5, 0.6) is 0 Å². The molecule has 0 saturated heterocycles. The van der Waals surface area contributed by atoms with E-state index in [4.69, 9.17) is 4.42 Å². The largest absolute Gasteiger partial charge is 0.441 e. The van der Waals surface area contributed by atoms with E-state index in [2.05, 4.69) is 22.4 Å². The Hall–Kier alpha value is -1.35. The molecule has 1 heterocycles. The predicted molar refractivity (Wildman–Crippen MR) is 63.2 cm³/mol. The van der Waals surface area contributed by atoms with E-state index in [-0.39, 0.29) is 0 Å². The summed E-state index contributed by atoms with van der Waals surface area (Å²) in [6.45, 7) is 2.81. The molecule has 1 aromatic carbocycles. The maximum Gasteiger partial charge on any atom is 0.192 e. The van der Waals surface area contributed by atoms with Crippen molar-refractivity contribution in [3.8, 4) is 0 Å². The molecular formula is C13H16N2O. The average molecular weight is 216 g/mol. The lowest BCUT2D eigenvalue weighted by atomic mass is 9.93. The summed E-state index contributed by atoms with van der Waals surface area (Å²) in [5.41, 5.74) is 3.12. The molecule has 0 atom stereocenters. The van der Waals surface area contributed by atoms with Gasteiger partial charge in [0.05, 0.1) is 0 Å². The molecule has 0 bridgehead atoms. The summed E-state index contributed by atoms with van der Waals surface area (Å²) in [6, 6.07) is 6.97. The van der Waals surface area contributed by atoms with Gasteiger partial charge < -0.3 is 9.73 Å². The minimum absolute atomic E-state index is 0.729. The van der Waals surface area contributed by atoms with Crippen LogP contribution >= 0.6 is 0 Å². The van der Waals surface area contributed by atoms with Crippen LogP contribution < -0.4 is 5.32 Å². The first-order valence-electron chi connectivity index (χ1n) is 5.91. The van der Waals surface area contributed by atoms with Gasteiger partial charge in [0.1, 0.15) is 5.52 Å². The highest BCUT2D eigenvalue weighted by molar-refractivity contribution is 5.73. The number of benzene rings is 1. The highest BCUT2D eigenvalue weighted by Crippen LogP contribution is 2.20. The SMILES string of the molecule is Cc1nc2ccc(CNC3CCC3)cc2o1. The van der Waals surface area contributed by atoms with Crippen LogP contribution in [0.1, 0.15) is 30.7 Å². The third-order valence-electron chi connectivity index (χ3n) is 3.26. The first-order chi connectivity index (χ1) is 7.81. The van der Waals surface area contributed by atoms with Crippen LogP contribution in [0.2, 0.25) is 0 Å².